The van der Waals surface area contributed by atoms with Crippen LogP contribution in [0.1, 0.15) is 18.5 Å². The van der Waals surface area contributed by atoms with Crippen LogP contribution in [0.3, 0.4) is 0 Å². The average Bonchev–Trinajstić information content (AvgIpc) is 2.28. The standard InChI is InChI=1S/C12H17BrN2O3S/c1-9(10-4-6-11(13)7-5-10)14-12(16)8-15(2)19(3,17)18/h4-7,9H,8H2,1-3H3,(H,14,16)/t9-/m1/s1. The lowest BCUT2D eigenvalue weighted by molar-refractivity contribution is -0.121. The minimum absolute atomic E-state index is 0.173. The third kappa shape index (κ3) is 5.30. The van der Waals surface area contributed by atoms with Gasteiger partial charge in [-0.2, -0.15) is 4.31 Å². The maximum Gasteiger partial charge on any atom is 0.235 e. The van der Waals surface area contributed by atoms with Crippen LogP contribution in [0, 0.1) is 0 Å². The molecule has 0 aromatic heterocycles. The van der Waals surface area contributed by atoms with E-state index in [1.807, 2.05) is 31.2 Å². The van der Waals surface area contributed by atoms with Gasteiger partial charge in [-0.15, -0.1) is 0 Å². The van der Waals surface area contributed by atoms with Crippen LogP contribution in [0.2, 0.25) is 0 Å². The van der Waals surface area contributed by atoms with Crippen molar-refractivity contribution in [2.75, 3.05) is 19.8 Å². The van der Waals surface area contributed by atoms with E-state index in [1.54, 1.807) is 0 Å². The Labute approximate surface area is 122 Å². The summed E-state index contributed by atoms with van der Waals surface area (Å²) < 4.78 is 24.4. The Balaban J connectivity index is 2.60. The molecular weight excluding hydrogens is 332 g/mol. The van der Waals surface area contributed by atoms with Crippen molar-refractivity contribution < 1.29 is 13.2 Å². The van der Waals surface area contributed by atoms with E-state index in [-0.39, 0.29) is 18.5 Å². The number of likely N-dealkylation sites (N-methyl/N-ethyl adjacent to an activating group) is 1. The summed E-state index contributed by atoms with van der Waals surface area (Å²) >= 11 is 3.34. The first kappa shape index (κ1) is 16.1. The Morgan fingerprint density at radius 3 is 2.37 bits per heavy atom. The lowest BCUT2D eigenvalue weighted by Gasteiger charge is -2.17. The first-order valence-corrected chi connectivity index (χ1v) is 8.30. The Bertz CT molecular complexity index is 543. The fourth-order valence-electron chi connectivity index (χ4n) is 1.44. The summed E-state index contributed by atoms with van der Waals surface area (Å²) in [6.07, 6.45) is 1.07. The number of hydrogen-bond donors (Lipinski definition) is 1. The van der Waals surface area contributed by atoms with Crippen LogP contribution in [0.4, 0.5) is 0 Å². The van der Waals surface area contributed by atoms with Gasteiger partial charge in [0.2, 0.25) is 15.9 Å². The van der Waals surface area contributed by atoms with Gasteiger partial charge in [-0.05, 0) is 24.6 Å². The second-order valence-electron chi connectivity index (χ2n) is 4.36. The fourth-order valence-corrected chi connectivity index (χ4v) is 2.06. The second kappa shape index (κ2) is 6.49. The van der Waals surface area contributed by atoms with Crippen LogP contribution in [-0.4, -0.2) is 38.5 Å². The van der Waals surface area contributed by atoms with E-state index in [0.717, 1.165) is 20.6 Å². The molecule has 106 valence electrons. The zero-order valence-electron chi connectivity index (χ0n) is 11.1. The summed E-state index contributed by atoms with van der Waals surface area (Å²) in [5.41, 5.74) is 0.957. The van der Waals surface area contributed by atoms with Crippen LogP contribution >= 0.6 is 15.9 Å². The summed E-state index contributed by atoms with van der Waals surface area (Å²) in [6, 6.07) is 7.40. The third-order valence-electron chi connectivity index (χ3n) is 2.68. The number of sulfonamides is 1. The number of hydrogen-bond acceptors (Lipinski definition) is 3. The number of carbonyl (C=O) groups is 1. The molecule has 7 heteroatoms. The number of rotatable bonds is 5. The zero-order valence-corrected chi connectivity index (χ0v) is 13.5. The molecule has 1 N–H and O–H groups in total. The molecule has 1 amide bonds. The topological polar surface area (TPSA) is 66.5 Å². The molecule has 1 aromatic carbocycles. The minimum atomic E-state index is -3.34. The van der Waals surface area contributed by atoms with Crippen molar-refractivity contribution in [2.24, 2.45) is 0 Å². The van der Waals surface area contributed by atoms with Crippen molar-refractivity contribution in [2.45, 2.75) is 13.0 Å². The molecule has 0 aliphatic rings. The van der Waals surface area contributed by atoms with E-state index in [9.17, 15) is 13.2 Å². The molecule has 0 saturated heterocycles. The highest BCUT2D eigenvalue weighted by atomic mass is 79.9. The summed E-state index contributed by atoms with van der Waals surface area (Å²) in [4.78, 5) is 11.7. The molecule has 0 aliphatic carbocycles. The lowest BCUT2D eigenvalue weighted by Crippen LogP contribution is -2.38. The monoisotopic (exact) mass is 348 g/mol. The number of halogens is 1. The molecule has 19 heavy (non-hydrogen) atoms. The first-order chi connectivity index (χ1) is 8.70. The summed E-state index contributed by atoms with van der Waals surface area (Å²) in [5, 5.41) is 2.76. The van der Waals surface area contributed by atoms with Crippen LogP contribution < -0.4 is 5.32 Å². The molecule has 1 atom stereocenters. The number of nitrogens with one attached hydrogen (secondary N) is 1. The normalized spacial score (nSPS) is 13.3. The smallest absolute Gasteiger partial charge is 0.235 e. The molecule has 0 saturated carbocycles. The van der Waals surface area contributed by atoms with Crippen molar-refractivity contribution in [3.8, 4) is 0 Å². The van der Waals surface area contributed by atoms with E-state index >= 15 is 0 Å². The Morgan fingerprint density at radius 2 is 1.89 bits per heavy atom. The highest BCUT2D eigenvalue weighted by molar-refractivity contribution is 9.10. The summed E-state index contributed by atoms with van der Waals surface area (Å²) in [6.45, 7) is 1.67. The van der Waals surface area contributed by atoms with Crippen molar-refractivity contribution in [1.82, 2.24) is 9.62 Å². The Kier molecular flexibility index (Phi) is 5.51. The third-order valence-corrected chi connectivity index (χ3v) is 4.47. The van der Waals surface area contributed by atoms with Gasteiger partial charge in [-0.1, -0.05) is 28.1 Å². The molecule has 0 unspecified atom stereocenters. The van der Waals surface area contributed by atoms with Gasteiger partial charge >= 0.3 is 0 Å². The molecule has 0 heterocycles. The van der Waals surface area contributed by atoms with Crippen LogP contribution in [0.15, 0.2) is 28.7 Å². The molecular formula is C12H17BrN2O3S. The zero-order chi connectivity index (χ0) is 14.6. The van der Waals surface area contributed by atoms with Crippen LogP contribution in [0.25, 0.3) is 0 Å². The number of carbonyl (C=O) groups excluding carboxylic acids is 1. The van der Waals surface area contributed by atoms with Crippen LogP contribution in [0.5, 0.6) is 0 Å². The summed E-state index contributed by atoms with van der Waals surface area (Å²) in [5.74, 6) is -0.330. The van der Waals surface area contributed by atoms with Gasteiger partial charge in [0.25, 0.3) is 0 Å². The maximum absolute atomic E-state index is 11.7. The van der Waals surface area contributed by atoms with Crippen molar-refractivity contribution in [3.05, 3.63) is 34.3 Å². The van der Waals surface area contributed by atoms with Crippen molar-refractivity contribution >= 4 is 31.9 Å². The second-order valence-corrected chi connectivity index (χ2v) is 7.36. The Hall–Kier alpha value is -0.920. The highest BCUT2D eigenvalue weighted by Gasteiger charge is 2.16. The molecule has 0 bridgehead atoms. The van der Waals surface area contributed by atoms with E-state index in [4.69, 9.17) is 0 Å². The van der Waals surface area contributed by atoms with Crippen LogP contribution in [-0.2, 0) is 14.8 Å². The first-order valence-electron chi connectivity index (χ1n) is 5.66. The maximum atomic E-state index is 11.7. The van der Waals surface area contributed by atoms with E-state index < -0.39 is 10.0 Å². The highest BCUT2D eigenvalue weighted by Crippen LogP contribution is 2.16. The van der Waals surface area contributed by atoms with E-state index in [0.29, 0.717) is 0 Å². The SMILES string of the molecule is C[C@@H](NC(=O)CN(C)S(C)(=O)=O)c1ccc(Br)cc1. The van der Waals surface area contributed by atoms with Gasteiger partial charge in [-0.3, -0.25) is 4.79 Å². The molecule has 0 aliphatic heterocycles. The van der Waals surface area contributed by atoms with Gasteiger partial charge in [0.1, 0.15) is 0 Å². The molecule has 0 fully saturated rings. The molecule has 0 radical (unpaired) electrons. The largest absolute Gasteiger partial charge is 0.348 e. The summed E-state index contributed by atoms with van der Waals surface area (Å²) in [7, 11) is -1.96. The molecule has 0 spiro atoms. The average molecular weight is 349 g/mol. The predicted molar refractivity (Wildman–Crippen MR) is 78.2 cm³/mol. The lowest BCUT2D eigenvalue weighted by atomic mass is 10.1. The van der Waals surface area contributed by atoms with E-state index in [2.05, 4.69) is 21.2 Å². The predicted octanol–water partition coefficient (Wildman–Crippen LogP) is 1.52. The number of benzene rings is 1. The van der Waals surface area contributed by atoms with E-state index in [1.165, 1.54) is 7.05 Å². The van der Waals surface area contributed by atoms with Gasteiger partial charge in [-0.25, -0.2) is 8.42 Å². The van der Waals surface area contributed by atoms with Crippen molar-refractivity contribution in [3.63, 3.8) is 0 Å². The Morgan fingerprint density at radius 1 is 1.37 bits per heavy atom. The van der Waals surface area contributed by atoms with Gasteiger partial charge < -0.3 is 5.32 Å². The van der Waals surface area contributed by atoms with Crippen molar-refractivity contribution in [1.29, 1.82) is 0 Å². The minimum Gasteiger partial charge on any atom is -0.348 e. The quantitative estimate of drug-likeness (QED) is 0.877. The fraction of sp³-hybridized carbons (Fsp3) is 0.417. The van der Waals surface area contributed by atoms with Gasteiger partial charge in [0, 0.05) is 11.5 Å². The molecule has 1 rings (SSSR count). The number of amides is 1. The number of nitrogens with zero attached hydrogens (tertiary/aromatic N) is 1. The molecule has 1 aromatic rings. The van der Waals surface area contributed by atoms with Gasteiger partial charge in [0.15, 0.2) is 0 Å². The van der Waals surface area contributed by atoms with Gasteiger partial charge in [0.05, 0.1) is 18.8 Å². The molecule has 5 nitrogen and oxygen atoms in total.